The lowest BCUT2D eigenvalue weighted by Crippen LogP contribution is -2.92. The number of nitrogens with one attached hydrogen (secondary N) is 1. The molecule has 3 N–H and O–H groups in total. The van der Waals surface area contributed by atoms with Crippen LogP contribution in [-0.4, -0.2) is 11.9 Å². The largest absolute Gasteiger partial charge is 0.326 e. The molecule has 0 unspecified atom stereocenters. The van der Waals surface area contributed by atoms with E-state index in [0.717, 1.165) is 5.56 Å². The van der Waals surface area contributed by atoms with Gasteiger partial charge in [-0.3, -0.25) is 4.79 Å². The summed E-state index contributed by atoms with van der Waals surface area (Å²) in [6.45, 7) is 1.84. The van der Waals surface area contributed by atoms with Crippen molar-refractivity contribution in [3.8, 4) is 0 Å². The molecule has 26 heavy (non-hydrogen) atoms. The number of benzene rings is 2. The second-order valence-electron chi connectivity index (χ2n) is 6.00. The molecule has 0 spiro atoms. The van der Waals surface area contributed by atoms with Gasteiger partial charge in [0.05, 0.1) is 15.6 Å². The van der Waals surface area contributed by atoms with Crippen LogP contribution < -0.4 is 10.6 Å². The van der Waals surface area contributed by atoms with Crippen molar-refractivity contribution in [1.82, 2.24) is 0 Å². The van der Waals surface area contributed by atoms with Crippen LogP contribution in [0.4, 0.5) is 10.1 Å². The van der Waals surface area contributed by atoms with Crippen molar-refractivity contribution in [1.29, 1.82) is 0 Å². The van der Waals surface area contributed by atoms with E-state index >= 15 is 0 Å². The second-order valence-corrected chi connectivity index (χ2v) is 7.38. The second kappa shape index (κ2) is 8.45. The van der Waals surface area contributed by atoms with Crippen LogP contribution in [0.3, 0.4) is 0 Å². The smallest absolute Gasteiger partial charge is 0.282 e. The minimum absolute atomic E-state index is 0.0284. The lowest BCUT2D eigenvalue weighted by Gasteiger charge is -2.19. The minimum Gasteiger partial charge on any atom is -0.326 e. The van der Waals surface area contributed by atoms with Crippen molar-refractivity contribution in [3.63, 3.8) is 0 Å². The van der Waals surface area contributed by atoms with Crippen LogP contribution >= 0.6 is 22.9 Å². The van der Waals surface area contributed by atoms with Crippen molar-refractivity contribution < 1.29 is 14.5 Å². The monoisotopic (exact) mass is 389 g/mol. The molecule has 3 rings (SSSR count). The van der Waals surface area contributed by atoms with Gasteiger partial charge in [0.15, 0.2) is 6.04 Å². The number of carbonyl (C=O) groups is 1. The molecule has 2 aromatic carbocycles. The number of quaternary nitrogens is 1. The summed E-state index contributed by atoms with van der Waals surface area (Å²) in [4.78, 5) is 13.8. The average Bonchev–Trinajstić information content (AvgIpc) is 3.17. The number of hydrogen-bond donors (Lipinski definition) is 2. The number of anilines is 1. The lowest BCUT2D eigenvalue weighted by molar-refractivity contribution is -0.703. The molecule has 0 bridgehead atoms. The zero-order chi connectivity index (χ0) is 18.5. The Morgan fingerprint density at radius 2 is 1.92 bits per heavy atom. The number of nitrogens with two attached hydrogens (primary N) is 1. The Bertz CT molecular complexity index is 871. The fourth-order valence-corrected chi connectivity index (χ4v) is 3.76. The van der Waals surface area contributed by atoms with E-state index in [2.05, 4.69) is 23.5 Å². The third-order valence-corrected chi connectivity index (χ3v) is 5.36. The van der Waals surface area contributed by atoms with Crippen LogP contribution in [0, 0.1) is 5.82 Å². The van der Waals surface area contributed by atoms with Crippen molar-refractivity contribution in [3.05, 3.63) is 87.3 Å². The van der Waals surface area contributed by atoms with Crippen molar-refractivity contribution >= 4 is 34.5 Å². The molecule has 0 aliphatic rings. The fourth-order valence-electron chi connectivity index (χ4n) is 2.71. The molecule has 3 nitrogen and oxygen atoms in total. The summed E-state index contributed by atoms with van der Waals surface area (Å²) in [6.07, 6.45) is 0. The van der Waals surface area contributed by atoms with Crippen molar-refractivity contribution in [2.45, 2.75) is 19.0 Å². The molecule has 3 aromatic rings. The highest BCUT2D eigenvalue weighted by Gasteiger charge is 2.25. The topological polar surface area (TPSA) is 45.7 Å². The number of carbonyl (C=O) groups excluding carboxylic acids is 1. The van der Waals surface area contributed by atoms with E-state index in [1.807, 2.05) is 41.9 Å². The minimum atomic E-state index is -0.436. The Hall–Kier alpha value is -2.21. The Morgan fingerprint density at radius 1 is 1.15 bits per heavy atom. The van der Waals surface area contributed by atoms with Crippen LogP contribution in [0.5, 0.6) is 0 Å². The van der Waals surface area contributed by atoms with E-state index in [0.29, 0.717) is 5.69 Å². The standard InChI is InChI=1S/C20H18ClFN2OS/c1-13(20(25)24-17-10-9-15(22)12-16(17)21)23-19(18-8-5-11-26-18)14-6-3-2-4-7-14/h2-13,19,23H,1H3,(H,24,25)/p+1/t13-,19-/m0/s1. The quantitative estimate of drug-likeness (QED) is 0.651. The van der Waals surface area contributed by atoms with E-state index in [9.17, 15) is 9.18 Å². The zero-order valence-electron chi connectivity index (χ0n) is 14.2. The summed E-state index contributed by atoms with van der Waals surface area (Å²) in [5.41, 5.74) is 1.54. The van der Waals surface area contributed by atoms with Gasteiger partial charge in [-0.1, -0.05) is 48.0 Å². The molecule has 6 heteroatoms. The molecular formula is C20H19ClFN2OS+. The van der Waals surface area contributed by atoms with E-state index in [-0.39, 0.29) is 23.0 Å². The SMILES string of the molecule is C[C@H]([NH2+][C@@H](c1ccccc1)c1cccs1)C(=O)Nc1ccc(F)cc1Cl. The van der Waals surface area contributed by atoms with E-state index in [1.54, 1.807) is 11.3 Å². The summed E-state index contributed by atoms with van der Waals surface area (Å²) >= 11 is 7.66. The number of rotatable bonds is 6. The molecule has 2 atom stereocenters. The number of thiophene rings is 1. The predicted molar refractivity (Wildman–Crippen MR) is 104 cm³/mol. The summed E-state index contributed by atoms with van der Waals surface area (Å²) in [5, 5.41) is 7.01. The first-order valence-corrected chi connectivity index (χ1v) is 9.49. The third-order valence-electron chi connectivity index (χ3n) is 4.09. The van der Waals surface area contributed by atoms with Gasteiger partial charge in [-0.25, -0.2) is 4.39 Å². The van der Waals surface area contributed by atoms with Gasteiger partial charge in [0.1, 0.15) is 11.9 Å². The third kappa shape index (κ3) is 4.49. The van der Waals surface area contributed by atoms with Gasteiger partial charge in [-0.05, 0) is 36.6 Å². The molecule has 134 valence electrons. The maximum atomic E-state index is 13.2. The zero-order valence-corrected chi connectivity index (χ0v) is 15.7. The molecule has 0 saturated heterocycles. The Balaban J connectivity index is 1.75. The maximum absolute atomic E-state index is 13.2. The molecule has 0 aliphatic carbocycles. The number of amides is 1. The lowest BCUT2D eigenvalue weighted by atomic mass is 10.0. The highest BCUT2D eigenvalue weighted by Crippen LogP contribution is 2.24. The van der Waals surface area contributed by atoms with Gasteiger partial charge >= 0.3 is 0 Å². The molecule has 1 aromatic heterocycles. The van der Waals surface area contributed by atoms with Crippen LogP contribution in [0.1, 0.15) is 23.4 Å². The molecule has 1 amide bonds. The molecule has 1 heterocycles. The van der Waals surface area contributed by atoms with Crippen molar-refractivity contribution in [2.75, 3.05) is 5.32 Å². The summed E-state index contributed by atoms with van der Waals surface area (Å²) in [7, 11) is 0. The molecule has 0 saturated carbocycles. The van der Waals surface area contributed by atoms with E-state index in [4.69, 9.17) is 11.6 Å². The van der Waals surface area contributed by atoms with E-state index in [1.165, 1.54) is 23.1 Å². The summed E-state index contributed by atoms with van der Waals surface area (Å²) < 4.78 is 13.2. The van der Waals surface area contributed by atoms with Crippen molar-refractivity contribution in [2.24, 2.45) is 0 Å². The number of halogens is 2. The Labute approximate surface area is 160 Å². The van der Waals surface area contributed by atoms with Gasteiger partial charge in [0.2, 0.25) is 0 Å². The molecular weight excluding hydrogens is 371 g/mol. The van der Waals surface area contributed by atoms with Crippen LogP contribution in [0.25, 0.3) is 0 Å². The Morgan fingerprint density at radius 3 is 2.58 bits per heavy atom. The van der Waals surface area contributed by atoms with Gasteiger partial charge in [-0.15, -0.1) is 11.3 Å². The Kier molecular flexibility index (Phi) is 6.04. The average molecular weight is 390 g/mol. The molecule has 0 fully saturated rings. The van der Waals surface area contributed by atoms with Gasteiger partial charge in [0.25, 0.3) is 5.91 Å². The maximum Gasteiger partial charge on any atom is 0.282 e. The predicted octanol–water partition coefficient (Wildman–Crippen LogP) is 4.22. The highest BCUT2D eigenvalue weighted by molar-refractivity contribution is 7.10. The van der Waals surface area contributed by atoms with Crippen LogP contribution in [0.2, 0.25) is 5.02 Å². The van der Waals surface area contributed by atoms with Gasteiger partial charge in [0, 0.05) is 5.56 Å². The van der Waals surface area contributed by atoms with Gasteiger partial charge < -0.3 is 10.6 Å². The van der Waals surface area contributed by atoms with E-state index < -0.39 is 5.82 Å². The van der Waals surface area contributed by atoms with Gasteiger partial charge in [-0.2, -0.15) is 0 Å². The molecule has 0 radical (unpaired) electrons. The normalized spacial score (nSPS) is 13.2. The first-order chi connectivity index (χ1) is 12.5. The fraction of sp³-hybridized carbons (Fsp3) is 0.150. The summed E-state index contributed by atoms with van der Waals surface area (Å²) in [5.74, 6) is -0.620. The van der Waals surface area contributed by atoms with Crippen LogP contribution in [0.15, 0.2) is 66.0 Å². The highest BCUT2D eigenvalue weighted by atomic mass is 35.5. The summed E-state index contributed by atoms with van der Waals surface area (Å²) in [6, 6.07) is 17.7. The number of hydrogen-bond acceptors (Lipinski definition) is 2. The molecule has 0 aliphatic heterocycles. The first-order valence-electron chi connectivity index (χ1n) is 8.24. The first kappa shape index (κ1) is 18.6. The van der Waals surface area contributed by atoms with Crippen LogP contribution in [-0.2, 0) is 4.79 Å².